The van der Waals surface area contributed by atoms with Gasteiger partial charge in [-0.3, -0.25) is 0 Å². The molecule has 1 aromatic carbocycles. The van der Waals surface area contributed by atoms with Gasteiger partial charge < -0.3 is 5.32 Å². The van der Waals surface area contributed by atoms with Crippen molar-refractivity contribution in [1.29, 1.82) is 0 Å². The van der Waals surface area contributed by atoms with Crippen LogP contribution in [0.2, 0.25) is 0 Å². The number of hydrogen-bond donors (Lipinski definition) is 1. The average molecular weight is 231 g/mol. The predicted octanol–water partition coefficient (Wildman–Crippen LogP) is 3.50. The summed E-state index contributed by atoms with van der Waals surface area (Å²) in [6, 6.07) is 11.0. The van der Waals surface area contributed by atoms with Crippen LogP contribution in [0.25, 0.3) is 0 Å². The quantitative estimate of drug-likeness (QED) is 0.836. The average Bonchev–Trinajstić information content (AvgIpc) is 2.40. The molecule has 0 saturated carbocycles. The summed E-state index contributed by atoms with van der Waals surface area (Å²) in [6.07, 6.45) is 3.91. The molecular weight excluding hydrogens is 206 g/mol. The van der Waals surface area contributed by atoms with Gasteiger partial charge in [-0.1, -0.05) is 50.6 Å². The minimum atomic E-state index is 0.820. The van der Waals surface area contributed by atoms with Crippen LogP contribution in [-0.2, 0) is 6.42 Å². The molecule has 1 heterocycles. The molecule has 94 valence electrons. The molecule has 1 fully saturated rings. The second-order valence-corrected chi connectivity index (χ2v) is 5.49. The highest BCUT2D eigenvalue weighted by Crippen LogP contribution is 2.31. The van der Waals surface area contributed by atoms with E-state index in [4.69, 9.17) is 0 Å². The van der Waals surface area contributed by atoms with Crippen LogP contribution in [0.1, 0.15) is 32.3 Å². The molecule has 17 heavy (non-hydrogen) atoms. The molecule has 1 aromatic rings. The van der Waals surface area contributed by atoms with E-state index < -0.39 is 0 Å². The van der Waals surface area contributed by atoms with Crippen molar-refractivity contribution in [3.8, 4) is 0 Å². The van der Waals surface area contributed by atoms with Crippen molar-refractivity contribution < 1.29 is 0 Å². The lowest BCUT2D eigenvalue weighted by Crippen LogP contribution is -2.40. The van der Waals surface area contributed by atoms with Gasteiger partial charge in [0.05, 0.1) is 0 Å². The minimum Gasteiger partial charge on any atom is -0.316 e. The Hall–Kier alpha value is -0.820. The van der Waals surface area contributed by atoms with Gasteiger partial charge in [-0.25, -0.2) is 0 Å². The van der Waals surface area contributed by atoms with E-state index in [1.54, 1.807) is 0 Å². The molecule has 0 bridgehead atoms. The summed E-state index contributed by atoms with van der Waals surface area (Å²) in [6.45, 7) is 7.16. The van der Waals surface area contributed by atoms with Gasteiger partial charge in [0.2, 0.25) is 0 Å². The first kappa shape index (κ1) is 12.6. The Balaban J connectivity index is 2.01. The fourth-order valence-corrected chi connectivity index (χ4v) is 3.14. The Labute approximate surface area is 106 Å². The van der Waals surface area contributed by atoms with Crippen molar-refractivity contribution >= 4 is 0 Å². The van der Waals surface area contributed by atoms with Gasteiger partial charge in [-0.2, -0.15) is 0 Å². The Bertz CT molecular complexity index is 320. The number of rotatable bonds is 4. The van der Waals surface area contributed by atoms with Crippen LogP contribution >= 0.6 is 0 Å². The summed E-state index contributed by atoms with van der Waals surface area (Å²) >= 11 is 0. The molecule has 0 aromatic heterocycles. The highest BCUT2D eigenvalue weighted by Gasteiger charge is 2.28. The van der Waals surface area contributed by atoms with Crippen molar-refractivity contribution in [2.24, 2.45) is 17.8 Å². The van der Waals surface area contributed by atoms with Gasteiger partial charge >= 0.3 is 0 Å². The summed E-state index contributed by atoms with van der Waals surface area (Å²) in [5, 5.41) is 3.56. The lowest BCUT2D eigenvalue weighted by molar-refractivity contribution is 0.179. The highest BCUT2D eigenvalue weighted by molar-refractivity contribution is 5.15. The zero-order chi connectivity index (χ0) is 12.1. The third kappa shape index (κ3) is 3.32. The molecule has 1 N–H and O–H groups in total. The molecule has 1 nitrogen and oxygen atoms in total. The monoisotopic (exact) mass is 231 g/mol. The Morgan fingerprint density at radius 2 is 2.06 bits per heavy atom. The van der Waals surface area contributed by atoms with Crippen molar-refractivity contribution in [2.75, 3.05) is 13.1 Å². The summed E-state index contributed by atoms with van der Waals surface area (Å²) in [5.74, 6) is 2.59. The van der Waals surface area contributed by atoms with E-state index in [1.165, 1.54) is 37.9 Å². The third-order valence-corrected chi connectivity index (χ3v) is 4.38. The fourth-order valence-electron chi connectivity index (χ4n) is 3.14. The Morgan fingerprint density at radius 3 is 2.76 bits per heavy atom. The van der Waals surface area contributed by atoms with E-state index in [0.29, 0.717) is 0 Å². The van der Waals surface area contributed by atoms with E-state index in [-0.39, 0.29) is 0 Å². The topological polar surface area (TPSA) is 12.0 Å². The lowest BCUT2D eigenvalue weighted by atomic mass is 9.74. The minimum absolute atomic E-state index is 0.820. The first-order valence-electron chi connectivity index (χ1n) is 7.06. The molecule has 1 aliphatic rings. The van der Waals surface area contributed by atoms with Gasteiger partial charge in [0.1, 0.15) is 0 Å². The third-order valence-electron chi connectivity index (χ3n) is 4.38. The summed E-state index contributed by atoms with van der Waals surface area (Å²) in [4.78, 5) is 0. The molecule has 2 rings (SSSR count). The van der Waals surface area contributed by atoms with E-state index >= 15 is 0 Å². The Morgan fingerprint density at radius 1 is 1.29 bits per heavy atom. The van der Waals surface area contributed by atoms with Crippen molar-refractivity contribution in [3.63, 3.8) is 0 Å². The molecule has 0 amide bonds. The maximum Gasteiger partial charge on any atom is -0.00146 e. The number of hydrogen-bond acceptors (Lipinski definition) is 1. The van der Waals surface area contributed by atoms with Crippen molar-refractivity contribution in [1.82, 2.24) is 5.32 Å². The van der Waals surface area contributed by atoms with Gasteiger partial charge in [-0.05, 0) is 49.2 Å². The molecule has 0 spiro atoms. The zero-order valence-corrected chi connectivity index (χ0v) is 11.2. The van der Waals surface area contributed by atoms with Crippen LogP contribution in [0.15, 0.2) is 30.3 Å². The van der Waals surface area contributed by atoms with Crippen LogP contribution in [0.3, 0.4) is 0 Å². The fraction of sp³-hybridized carbons (Fsp3) is 0.625. The molecule has 3 atom stereocenters. The first-order valence-corrected chi connectivity index (χ1v) is 7.06. The standard InChI is InChI=1S/C16H25N/c1-3-13(2)16-9-10-17-12-15(16)11-14-7-5-4-6-8-14/h4-8,13,15-17H,3,9-12H2,1-2H3. The Kier molecular flexibility index (Phi) is 4.61. The van der Waals surface area contributed by atoms with E-state index in [9.17, 15) is 0 Å². The molecule has 1 saturated heterocycles. The molecule has 0 radical (unpaired) electrons. The number of piperidine rings is 1. The summed E-state index contributed by atoms with van der Waals surface area (Å²) in [5.41, 5.74) is 1.49. The SMILES string of the molecule is CCC(C)C1CCNCC1Cc1ccccc1. The molecule has 1 heteroatoms. The van der Waals surface area contributed by atoms with E-state index in [2.05, 4.69) is 49.5 Å². The second-order valence-electron chi connectivity index (χ2n) is 5.49. The second kappa shape index (κ2) is 6.20. The van der Waals surface area contributed by atoms with Crippen LogP contribution in [-0.4, -0.2) is 13.1 Å². The van der Waals surface area contributed by atoms with Crippen LogP contribution in [0.5, 0.6) is 0 Å². The van der Waals surface area contributed by atoms with Crippen molar-refractivity contribution in [3.05, 3.63) is 35.9 Å². The van der Waals surface area contributed by atoms with Crippen molar-refractivity contribution in [2.45, 2.75) is 33.1 Å². The number of nitrogens with one attached hydrogen (secondary N) is 1. The van der Waals surface area contributed by atoms with Gasteiger partial charge in [-0.15, -0.1) is 0 Å². The highest BCUT2D eigenvalue weighted by atomic mass is 14.9. The molecular formula is C16H25N. The van der Waals surface area contributed by atoms with E-state index in [1.807, 2.05) is 0 Å². The summed E-state index contributed by atoms with van der Waals surface area (Å²) in [7, 11) is 0. The van der Waals surface area contributed by atoms with E-state index in [0.717, 1.165) is 17.8 Å². The molecule has 3 unspecified atom stereocenters. The zero-order valence-electron chi connectivity index (χ0n) is 11.2. The largest absolute Gasteiger partial charge is 0.316 e. The maximum absolute atomic E-state index is 3.56. The first-order chi connectivity index (χ1) is 8.31. The van der Waals surface area contributed by atoms with Gasteiger partial charge in [0.25, 0.3) is 0 Å². The smallest absolute Gasteiger partial charge is 0.00146 e. The van der Waals surface area contributed by atoms with Crippen LogP contribution in [0.4, 0.5) is 0 Å². The van der Waals surface area contributed by atoms with Crippen LogP contribution < -0.4 is 5.32 Å². The van der Waals surface area contributed by atoms with Gasteiger partial charge in [0, 0.05) is 0 Å². The van der Waals surface area contributed by atoms with Gasteiger partial charge in [0.15, 0.2) is 0 Å². The number of benzene rings is 1. The summed E-state index contributed by atoms with van der Waals surface area (Å²) < 4.78 is 0. The lowest BCUT2D eigenvalue weighted by Gasteiger charge is -2.36. The molecule has 0 aliphatic carbocycles. The normalized spacial score (nSPS) is 26.7. The predicted molar refractivity (Wildman–Crippen MR) is 74.1 cm³/mol. The molecule has 1 aliphatic heterocycles. The van der Waals surface area contributed by atoms with Crippen LogP contribution in [0, 0.1) is 17.8 Å². The maximum atomic E-state index is 3.56.